The van der Waals surface area contributed by atoms with E-state index in [9.17, 15) is 13.5 Å². The van der Waals surface area contributed by atoms with E-state index in [-0.39, 0.29) is 33.3 Å². The highest BCUT2D eigenvalue weighted by Gasteiger charge is 2.27. The van der Waals surface area contributed by atoms with Crippen LogP contribution in [-0.2, 0) is 15.4 Å². The second-order valence-electron chi connectivity index (χ2n) is 9.04. The Morgan fingerprint density at radius 2 is 1.75 bits per heavy atom. The van der Waals surface area contributed by atoms with Crippen LogP contribution in [0.15, 0.2) is 47.8 Å². The zero-order chi connectivity index (χ0) is 26.8. The van der Waals surface area contributed by atoms with Gasteiger partial charge in [0.15, 0.2) is 5.82 Å². The van der Waals surface area contributed by atoms with E-state index in [1.54, 1.807) is 12.1 Å². The summed E-state index contributed by atoms with van der Waals surface area (Å²) in [6.07, 6.45) is 6.31. The van der Waals surface area contributed by atoms with Crippen molar-refractivity contribution in [3.8, 4) is 17.3 Å². The molecule has 4 N–H and O–H groups in total. The number of nitrogens with one attached hydrogen (secondary N) is 3. The Hall–Kier alpha value is -2.98. The molecule has 1 aliphatic rings. The van der Waals surface area contributed by atoms with Crippen LogP contribution >= 0.6 is 0 Å². The van der Waals surface area contributed by atoms with Crippen molar-refractivity contribution >= 4 is 15.7 Å². The highest BCUT2D eigenvalue weighted by molar-refractivity contribution is 7.92. The third kappa shape index (κ3) is 7.51. The van der Waals surface area contributed by atoms with Gasteiger partial charge in [0.25, 0.3) is 10.0 Å². The lowest BCUT2D eigenvalue weighted by Gasteiger charge is -2.32. The van der Waals surface area contributed by atoms with E-state index < -0.39 is 10.0 Å². The van der Waals surface area contributed by atoms with E-state index in [0.717, 1.165) is 12.0 Å². The number of sulfonamides is 1. The number of nitrogens with zero attached hydrogens (tertiary/aromatic N) is 3. The number of aromatic nitrogens is 4. The lowest BCUT2D eigenvalue weighted by molar-refractivity contribution is 0.335. The van der Waals surface area contributed by atoms with E-state index in [1.807, 2.05) is 26.0 Å². The number of aromatic amines is 1. The molecule has 10 heteroatoms. The fraction of sp³-hybridized carbons (Fsp3) is 0.500. The summed E-state index contributed by atoms with van der Waals surface area (Å²) < 4.78 is 28.3. The van der Waals surface area contributed by atoms with Crippen molar-refractivity contribution in [1.29, 1.82) is 0 Å². The number of hydrogen-bond acceptors (Lipinski definition) is 7. The standard InChI is InChI=1S/C20H25N5O3S.C4H9N.C2H6/c1-5-13(2)20(3,4)14-6-8-16(9-7-14)29(27,28)25-17-10-15(26)11-21-18(17)19-22-12-23-24-19;1-2-4-5-3-1;1-2/h6-13,25-26H,5H2,1-4H3,(H,22,23,24);5H,1-4H2;1-2H3/t13-;;/m1../s1. The third-order valence-corrected chi connectivity index (χ3v) is 7.85. The number of hydrogen-bond donors (Lipinski definition) is 4. The van der Waals surface area contributed by atoms with E-state index in [4.69, 9.17) is 0 Å². The van der Waals surface area contributed by atoms with Crippen LogP contribution in [0.25, 0.3) is 11.5 Å². The van der Waals surface area contributed by atoms with Crippen LogP contribution in [0.5, 0.6) is 5.75 Å². The molecule has 0 bridgehead atoms. The zero-order valence-corrected chi connectivity index (χ0v) is 23.0. The summed E-state index contributed by atoms with van der Waals surface area (Å²) in [5, 5.41) is 19.4. The Kier molecular flexibility index (Phi) is 10.9. The molecule has 3 aromatic rings. The summed E-state index contributed by atoms with van der Waals surface area (Å²) in [6.45, 7) is 15.1. The van der Waals surface area contributed by atoms with Crippen molar-refractivity contribution in [3.05, 3.63) is 48.4 Å². The molecule has 1 aliphatic heterocycles. The molecule has 0 amide bonds. The van der Waals surface area contributed by atoms with Crippen LogP contribution in [-0.4, -0.2) is 46.8 Å². The molecule has 0 aliphatic carbocycles. The Morgan fingerprint density at radius 3 is 2.25 bits per heavy atom. The Balaban J connectivity index is 0.000000570. The fourth-order valence-electron chi connectivity index (χ4n) is 3.73. The molecule has 1 fully saturated rings. The quantitative estimate of drug-likeness (QED) is 0.344. The van der Waals surface area contributed by atoms with Gasteiger partial charge in [0, 0.05) is 6.07 Å². The normalized spacial score (nSPS) is 14.2. The largest absolute Gasteiger partial charge is 0.506 e. The second kappa shape index (κ2) is 13.4. The molecule has 198 valence electrons. The van der Waals surface area contributed by atoms with Gasteiger partial charge in [0.1, 0.15) is 17.8 Å². The highest BCUT2D eigenvalue weighted by atomic mass is 32.2. The smallest absolute Gasteiger partial charge is 0.261 e. The number of rotatable bonds is 7. The van der Waals surface area contributed by atoms with Crippen molar-refractivity contribution in [1.82, 2.24) is 25.5 Å². The minimum atomic E-state index is -3.89. The van der Waals surface area contributed by atoms with Crippen LogP contribution in [0.4, 0.5) is 5.69 Å². The van der Waals surface area contributed by atoms with Gasteiger partial charge in [-0.15, -0.1) is 0 Å². The number of benzene rings is 1. The molecule has 0 unspecified atom stereocenters. The zero-order valence-electron chi connectivity index (χ0n) is 22.2. The summed E-state index contributed by atoms with van der Waals surface area (Å²) in [4.78, 5) is 8.18. The van der Waals surface area contributed by atoms with E-state index in [2.05, 4.69) is 57.9 Å². The van der Waals surface area contributed by atoms with E-state index in [1.165, 1.54) is 44.5 Å². The number of pyridine rings is 1. The maximum absolute atomic E-state index is 12.9. The second-order valence-corrected chi connectivity index (χ2v) is 10.7. The van der Waals surface area contributed by atoms with Gasteiger partial charge in [-0.1, -0.05) is 60.1 Å². The lowest BCUT2D eigenvalue weighted by Crippen LogP contribution is -2.26. The predicted octanol–water partition coefficient (Wildman–Crippen LogP) is 5.09. The average Bonchev–Trinajstić information content (AvgIpc) is 3.62. The molecule has 0 spiro atoms. The first-order valence-electron chi connectivity index (χ1n) is 12.5. The van der Waals surface area contributed by atoms with Crippen molar-refractivity contribution in [2.45, 2.75) is 71.1 Å². The Labute approximate surface area is 215 Å². The van der Waals surface area contributed by atoms with Gasteiger partial charge in [-0.2, -0.15) is 5.10 Å². The van der Waals surface area contributed by atoms with Crippen LogP contribution in [0.2, 0.25) is 0 Å². The van der Waals surface area contributed by atoms with Crippen LogP contribution in [0.3, 0.4) is 0 Å². The molecule has 4 rings (SSSR count). The molecule has 3 heterocycles. The van der Waals surface area contributed by atoms with E-state index in [0.29, 0.717) is 5.92 Å². The van der Waals surface area contributed by atoms with Crippen LogP contribution in [0, 0.1) is 5.92 Å². The predicted molar refractivity (Wildman–Crippen MR) is 144 cm³/mol. The van der Waals surface area contributed by atoms with Gasteiger partial charge >= 0.3 is 0 Å². The molecule has 36 heavy (non-hydrogen) atoms. The Morgan fingerprint density at radius 1 is 1.11 bits per heavy atom. The van der Waals surface area contributed by atoms with Gasteiger partial charge in [-0.05, 0) is 55.0 Å². The number of anilines is 1. The number of H-pyrrole nitrogens is 1. The van der Waals surface area contributed by atoms with Gasteiger partial charge in [0.2, 0.25) is 0 Å². The molecule has 0 radical (unpaired) electrons. The monoisotopic (exact) mass is 516 g/mol. The maximum Gasteiger partial charge on any atom is 0.261 e. The van der Waals surface area contributed by atoms with Crippen molar-refractivity contribution in [2.24, 2.45) is 5.92 Å². The van der Waals surface area contributed by atoms with E-state index >= 15 is 0 Å². The SMILES string of the molecule is C1CCNC1.CC.CC[C@@H](C)C(C)(C)c1ccc(S(=O)(=O)Nc2cc(O)cnc2-c2ncn[nH]2)cc1. The molecule has 1 saturated heterocycles. The van der Waals surface area contributed by atoms with Crippen molar-refractivity contribution in [2.75, 3.05) is 17.8 Å². The van der Waals surface area contributed by atoms with Gasteiger partial charge in [-0.25, -0.2) is 18.4 Å². The fourth-order valence-corrected chi connectivity index (χ4v) is 4.78. The molecule has 2 aromatic heterocycles. The summed E-state index contributed by atoms with van der Waals surface area (Å²) >= 11 is 0. The third-order valence-electron chi connectivity index (χ3n) is 6.47. The maximum atomic E-state index is 12.9. The summed E-state index contributed by atoms with van der Waals surface area (Å²) in [7, 11) is -3.89. The first-order chi connectivity index (χ1) is 17.1. The topological polar surface area (TPSA) is 133 Å². The molecular formula is C26H40N6O3S. The summed E-state index contributed by atoms with van der Waals surface area (Å²) in [6, 6.07) is 8.15. The summed E-state index contributed by atoms with van der Waals surface area (Å²) in [5.74, 6) is 0.566. The van der Waals surface area contributed by atoms with Gasteiger partial charge < -0.3 is 10.4 Å². The average molecular weight is 517 g/mol. The summed E-state index contributed by atoms with van der Waals surface area (Å²) in [5.41, 5.74) is 1.34. The first-order valence-corrected chi connectivity index (χ1v) is 14.0. The van der Waals surface area contributed by atoms with Crippen molar-refractivity contribution < 1.29 is 13.5 Å². The van der Waals surface area contributed by atoms with Gasteiger partial charge in [-0.3, -0.25) is 9.82 Å². The highest BCUT2D eigenvalue weighted by Crippen LogP contribution is 2.34. The minimum absolute atomic E-state index is 0.0704. The van der Waals surface area contributed by atoms with Crippen molar-refractivity contribution in [3.63, 3.8) is 0 Å². The Bertz CT molecular complexity index is 1150. The van der Waals surface area contributed by atoms with Gasteiger partial charge in [0.05, 0.1) is 16.8 Å². The molecule has 1 atom stereocenters. The minimum Gasteiger partial charge on any atom is -0.506 e. The van der Waals surface area contributed by atoms with Crippen LogP contribution < -0.4 is 10.0 Å². The number of aromatic hydroxyl groups is 1. The molecular weight excluding hydrogens is 476 g/mol. The molecule has 9 nitrogen and oxygen atoms in total. The first kappa shape index (κ1) is 29.3. The molecule has 1 aromatic carbocycles. The lowest BCUT2D eigenvalue weighted by atomic mass is 9.73. The van der Waals surface area contributed by atoms with Crippen LogP contribution in [0.1, 0.15) is 66.4 Å². The molecule has 0 saturated carbocycles.